The van der Waals surface area contributed by atoms with E-state index in [1.165, 1.54) is 12.1 Å². The third-order valence-corrected chi connectivity index (χ3v) is 7.59. The lowest BCUT2D eigenvalue weighted by Gasteiger charge is -2.17. The molecule has 0 unspecified atom stereocenters. The maximum atomic E-state index is 14.6. The molecule has 1 amide bonds. The topological polar surface area (TPSA) is 158 Å². The third-order valence-electron chi connectivity index (χ3n) is 6.92. The number of rotatable bonds is 7. The van der Waals surface area contributed by atoms with Gasteiger partial charge >= 0.3 is 0 Å². The van der Waals surface area contributed by atoms with Crippen molar-refractivity contribution in [3.63, 3.8) is 0 Å². The van der Waals surface area contributed by atoms with Gasteiger partial charge in [0.25, 0.3) is 0 Å². The van der Waals surface area contributed by atoms with E-state index >= 15 is 0 Å². The molecule has 0 saturated carbocycles. The summed E-state index contributed by atoms with van der Waals surface area (Å²) in [5.41, 5.74) is 6.11. The zero-order valence-corrected chi connectivity index (χ0v) is 25.2. The van der Waals surface area contributed by atoms with Crippen molar-refractivity contribution in [3.05, 3.63) is 78.4 Å². The highest BCUT2D eigenvalue weighted by molar-refractivity contribution is 7.88. The monoisotopic (exact) mass is 612 g/mol. The first kappa shape index (κ1) is 29.1. The van der Waals surface area contributed by atoms with Gasteiger partial charge in [0.2, 0.25) is 15.9 Å². The minimum Gasteiger partial charge on any atom is -0.336 e. The lowest BCUT2D eigenvalue weighted by atomic mass is 9.95. The summed E-state index contributed by atoms with van der Waals surface area (Å²) in [5.74, 6) is -0.156. The lowest BCUT2D eigenvalue weighted by Crippen LogP contribution is -2.27. The summed E-state index contributed by atoms with van der Waals surface area (Å²) >= 11 is 0. The van der Waals surface area contributed by atoms with Crippen LogP contribution in [0.4, 0.5) is 10.1 Å². The van der Waals surface area contributed by atoms with E-state index < -0.39 is 21.3 Å². The molecule has 44 heavy (non-hydrogen) atoms. The molecule has 2 aromatic carbocycles. The predicted molar refractivity (Wildman–Crippen MR) is 167 cm³/mol. The molecule has 224 valence electrons. The summed E-state index contributed by atoms with van der Waals surface area (Å²) in [5, 5.41) is 10.4. The third kappa shape index (κ3) is 6.05. The number of nitrogens with zero attached hydrogens (tertiary/aromatic N) is 4. The van der Waals surface area contributed by atoms with Crippen molar-refractivity contribution in [1.82, 2.24) is 34.9 Å². The molecule has 0 aliphatic carbocycles. The first-order valence-corrected chi connectivity index (χ1v) is 15.6. The van der Waals surface area contributed by atoms with E-state index in [-0.39, 0.29) is 12.5 Å². The number of anilines is 1. The second kappa shape index (κ2) is 10.9. The van der Waals surface area contributed by atoms with E-state index in [1.54, 1.807) is 18.5 Å². The number of pyridine rings is 2. The van der Waals surface area contributed by atoms with Gasteiger partial charge in [-0.15, -0.1) is 0 Å². The number of hydrogen-bond donors (Lipinski definition) is 4. The zero-order valence-electron chi connectivity index (χ0n) is 24.4. The molecule has 6 aromatic rings. The number of nitrogens with one attached hydrogen (secondary N) is 4. The Balaban J connectivity index is 1.37. The molecule has 4 N–H and O–H groups in total. The van der Waals surface area contributed by atoms with E-state index in [9.17, 15) is 17.6 Å². The van der Waals surface area contributed by atoms with Crippen molar-refractivity contribution in [2.75, 3.05) is 11.6 Å². The van der Waals surface area contributed by atoms with Crippen molar-refractivity contribution in [2.24, 2.45) is 5.41 Å². The predicted octanol–water partition coefficient (Wildman–Crippen LogP) is 5.40. The molecule has 0 aliphatic heterocycles. The van der Waals surface area contributed by atoms with Crippen LogP contribution in [0.25, 0.3) is 56.0 Å². The maximum Gasteiger partial charge on any atom is 0.229 e. The highest BCUT2D eigenvalue weighted by Gasteiger charge is 2.22. The summed E-state index contributed by atoms with van der Waals surface area (Å²) in [6, 6.07) is 15.4. The van der Waals surface area contributed by atoms with Crippen LogP contribution in [0.1, 0.15) is 26.3 Å². The van der Waals surface area contributed by atoms with Crippen molar-refractivity contribution in [2.45, 2.75) is 27.3 Å². The second-order valence-electron chi connectivity index (χ2n) is 11.6. The van der Waals surface area contributed by atoms with Crippen LogP contribution in [0.15, 0.2) is 67.0 Å². The van der Waals surface area contributed by atoms with Gasteiger partial charge in [-0.25, -0.2) is 27.5 Å². The molecule has 0 saturated heterocycles. The molecule has 0 spiro atoms. The zero-order chi connectivity index (χ0) is 31.2. The number of fused-ring (bicyclic) bond motifs is 2. The number of H-pyrrole nitrogens is 2. The van der Waals surface area contributed by atoms with Gasteiger partial charge in [0, 0.05) is 29.3 Å². The average Bonchev–Trinajstić information content (AvgIpc) is 3.59. The van der Waals surface area contributed by atoms with Crippen molar-refractivity contribution < 1.29 is 17.6 Å². The normalized spacial score (nSPS) is 12.2. The SMILES string of the molecule is CC(C)(C)C(=O)Nc1cncc(-c2ccc3[nH]nc(-c4nc5c(-c6cc(F)cc(CNS(C)(=O)=O)c6)cccc5[nH]4)c3n2)c1. The van der Waals surface area contributed by atoms with Crippen LogP contribution < -0.4 is 10.0 Å². The van der Waals surface area contributed by atoms with E-state index in [0.717, 1.165) is 6.26 Å². The number of carbonyl (C=O) groups is 1. The smallest absolute Gasteiger partial charge is 0.229 e. The van der Waals surface area contributed by atoms with Crippen LogP contribution in [0.5, 0.6) is 0 Å². The Morgan fingerprint density at radius 2 is 1.77 bits per heavy atom. The van der Waals surface area contributed by atoms with Crippen molar-refractivity contribution >= 4 is 43.7 Å². The van der Waals surface area contributed by atoms with Gasteiger partial charge in [-0.2, -0.15) is 5.10 Å². The molecule has 0 bridgehead atoms. The van der Waals surface area contributed by atoms with Gasteiger partial charge in [0.1, 0.15) is 11.3 Å². The number of hydrogen-bond acceptors (Lipinski definition) is 7. The van der Waals surface area contributed by atoms with E-state index in [1.807, 2.05) is 57.2 Å². The number of benzene rings is 2. The van der Waals surface area contributed by atoms with Gasteiger partial charge in [-0.3, -0.25) is 14.9 Å². The van der Waals surface area contributed by atoms with Gasteiger partial charge < -0.3 is 10.3 Å². The fraction of sp³-hybridized carbons (Fsp3) is 0.194. The highest BCUT2D eigenvalue weighted by Crippen LogP contribution is 2.33. The summed E-state index contributed by atoms with van der Waals surface area (Å²) in [7, 11) is -3.45. The van der Waals surface area contributed by atoms with Gasteiger partial charge in [-0.05, 0) is 53.6 Å². The van der Waals surface area contributed by atoms with Crippen LogP contribution in [0.2, 0.25) is 0 Å². The number of para-hydroxylation sites is 1. The Kier molecular flexibility index (Phi) is 7.22. The minimum absolute atomic E-state index is 0.0416. The molecule has 4 aromatic heterocycles. The number of carbonyl (C=O) groups excluding carboxylic acids is 1. The molecule has 13 heteroatoms. The second-order valence-corrected chi connectivity index (χ2v) is 13.4. The van der Waals surface area contributed by atoms with Crippen molar-refractivity contribution in [1.29, 1.82) is 0 Å². The maximum absolute atomic E-state index is 14.6. The van der Waals surface area contributed by atoms with Gasteiger partial charge in [0.15, 0.2) is 11.5 Å². The number of imidazole rings is 1. The largest absolute Gasteiger partial charge is 0.336 e. The lowest BCUT2D eigenvalue weighted by molar-refractivity contribution is -0.123. The Bertz CT molecular complexity index is 2170. The molecular weight excluding hydrogens is 583 g/mol. The number of halogens is 1. The first-order chi connectivity index (χ1) is 20.8. The Labute approximate surface area is 252 Å². The number of amides is 1. The summed E-state index contributed by atoms with van der Waals surface area (Å²) in [4.78, 5) is 29.8. The molecule has 0 aliphatic rings. The summed E-state index contributed by atoms with van der Waals surface area (Å²) in [6.45, 7) is 5.47. The van der Waals surface area contributed by atoms with E-state index in [0.29, 0.717) is 67.2 Å². The van der Waals surface area contributed by atoms with Crippen LogP contribution in [0.3, 0.4) is 0 Å². The first-order valence-electron chi connectivity index (χ1n) is 13.7. The fourth-order valence-electron chi connectivity index (χ4n) is 4.69. The molecule has 6 rings (SSSR count). The number of aromatic nitrogens is 6. The Morgan fingerprint density at radius 3 is 2.55 bits per heavy atom. The van der Waals surface area contributed by atoms with Crippen LogP contribution in [-0.2, 0) is 21.4 Å². The number of sulfonamides is 1. The molecule has 0 radical (unpaired) electrons. The summed E-state index contributed by atoms with van der Waals surface area (Å²) < 4.78 is 40.1. The Morgan fingerprint density at radius 1 is 0.955 bits per heavy atom. The van der Waals surface area contributed by atoms with Gasteiger partial charge in [0.05, 0.1) is 40.4 Å². The summed E-state index contributed by atoms with van der Waals surface area (Å²) in [6.07, 6.45) is 4.31. The Hall–Kier alpha value is -5.01. The van der Waals surface area contributed by atoms with Crippen LogP contribution in [-0.4, -0.2) is 50.7 Å². The van der Waals surface area contributed by atoms with Crippen LogP contribution in [0, 0.1) is 11.2 Å². The fourth-order valence-corrected chi connectivity index (χ4v) is 5.12. The molecule has 11 nitrogen and oxygen atoms in total. The average molecular weight is 613 g/mol. The molecule has 0 atom stereocenters. The standard InChI is InChI=1S/C31H29FN8O3S/c1-31(2,3)30(41)35-21-13-19(15-33-16-21)23-8-9-25-27(36-23)28(40-39-25)29-37-24-7-5-6-22(26(24)38-29)18-10-17(11-20(32)12-18)14-34-44(4,42)43/h5-13,15-16,34H,14H2,1-4H3,(H,35,41)(H,37,38)(H,39,40). The van der Waals surface area contributed by atoms with Crippen LogP contribution >= 0.6 is 0 Å². The highest BCUT2D eigenvalue weighted by atomic mass is 32.2. The number of aromatic amines is 2. The quantitative estimate of drug-likeness (QED) is 0.188. The molecular formula is C31H29FN8O3S. The van der Waals surface area contributed by atoms with E-state index in [4.69, 9.17) is 9.97 Å². The van der Waals surface area contributed by atoms with E-state index in [2.05, 4.69) is 30.2 Å². The van der Waals surface area contributed by atoms with Gasteiger partial charge in [-0.1, -0.05) is 32.9 Å². The molecule has 4 heterocycles. The minimum atomic E-state index is -3.45. The van der Waals surface area contributed by atoms with Crippen molar-refractivity contribution in [3.8, 4) is 33.9 Å². The molecule has 0 fully saturated rings.